The predicted molar refractivity (Wildman–Crippen MR) is 97.0 cm³/mol. The van der Waals surface area contributed by atoms with Gasteiger partial charge in [-0.1, -0.05) is 32.0 Å². The van der Waals surface area contributed by atoms with E-state index in [-0.39, 0.29) is 11.9 Å². The van der Waals surface area contributed by atoms with Crippen LogP contribution in [0.1, 0.15) is 45.1 Å². The highest BCUT2D eigenvalue weighted by molar-refractivity contribution is 5.72. The molecule has 1 saturated heterocycles. The Balaban J connectivity index is 1.75. The second-order valence-corrected chi connectivity index (χ2v) is 7.14. The average molecular weight is 350 g/mol. The van der Waals surface area contributed by atoms with Crippen molar-refractivity contribution in [1.29, 1.82) is 0 Å². The summed E-state index contributed by atoms with van der Waals surface area (Å²) in [4.78, 5) is 13.1. The summed E-state index contributed by atoms with van der Waals surface area (Å²) in [6.45, 7) is 9.29. The van der Waals surface area contributed by atoms with E-state index in [2.05, 4.69) is 19.9 Å². The van der Waals surface area contributed by atoms with Crippen LogP contribution in [-0.4, -0.2) is 50.0 Å². The van der Waals surface area contributed by atoms with Crippen molar-refractivity contribution in [1.82, 2.24) is 0 Å². The number of hydrogen-bond acceptors (Lipinski definition) is 4. The van der Waals surface area contributed by atoms with Crippen LogP contribution in [0.2, 0.25) is 0 Å². The molecule has 0 amide bonds. The Kier molecular flexibility index (Phi) is 7.72. The molecule has 1 heterocycles. The van der Waals surface area contributed by atoms with Gasteiger partial charge in [-0.25, -0.2) is 0 Å². The lowest BCUT2D eigenvalue weighted by molar-refractivity contribution is -0.908. The van der Waals surface area contributed by atoms with E-state index < -0.39 is 6.10 Å². The number of para-hydroxylation sites is 1. The van der Waals surface area contributed by atoms with Crippen LogP contribution in [0.25, 0.3) is 0 Å². The summed E-state index contributed by atoms with van der Waals surface area (Å²) in [5.74, 6) is 1.19. The molecule has 0 aromatic heterocycles. The maximum Gasteiger partial charge on any atom is 0.309 e. The molecule has 1 atom stereocenters. The van der Waals surface area contributed by atoms with E-state index >= 15 is 0 Å². The molecule has 5 heteroatoms. The summed E-state index contributed by atoms with van der Waals surface area (Å²) in [7, 11) is 0. The van der Waals surface area contributed by atoms with Gasteiger partial charge in [0.25, 0.3) is 0 Å². The van der Waals surface area contributed by atoms with Gasteiger partial charge in [-0.15, -0.1) is 0 Å². The van der Waals surface area contributed by atoms with Crippen LogP contribution in [0.4, 0.5) is 0 Å². The number of aliphatic hydroxyl groups excluding tert-OH is 1. The second kappa shape index (κ2) is 9.78. The topological polar surface area (TPSA) is 60.2 Å². The van der Waals surface area contributed by atoms with Crippen molar-refractivity contribution in [2.75, 3.05) is 32.8 Å². The molecule has 5 nitrogen and oxygen atoms in total. The normalized spacial score (nSPS) is 21.8. The minimum Gasteiger partial charge on any atom is -0.490 e. The number of likely N-dealkylation sites (tertiary alicyclic amines) is 1. The Morgan fingerprint density at radius 3 is 2.60 bits per heavy atom. The molecule has 1 aromatic carbocycles. The van der Waals surface area contributed by atoms with Gasteiger partial charge in [-0.3, -0.25) is 4.79 Å². The molecule has 2 rings (SSSR count). The number of benzene rings is 1. The highest BCUT2D eigenvalue weighted by Crippen LogP contribution is 2.25. The maximum atomic E-state index is 11.8. The fraction of sp³-hybridized carbons (Fsp3) is 0.650. The number of rotatable bonds is 8. The van der Waals surface area contributed by atoms with E-state index in [1.165, 1.54) is 4.90 Å². The number of carbonyl (C=O) groups is 1. The van der Waals surface area contributed by atoms with Crippen molar-refractivity contribution in [2.24, 2.45) is 5.92 Å². The predicted octanol–water partition coefficient (Wildman–Crippen LogP) is 1.41. The zero-order valence-corrected chi connectivity index (χ0v) is 15.7. The highest BCUT2D eigenvalue weighted by atomic mass is 16.5. The molecule has 1 aliphatic rings. The third-order valence-corrected chi connectivity index (χ3v) is 4.81. The SMILES string of the molecule is CCOC(=O)C1CC[NH+](C[C@H](O)COc2ccccc2C(C)C)CC1. The van der Waals surface area contributed by atoms with E-state index in [0.29, 0.717) is 25.7 Å². The van der Waals surface area contributed by atoms with E-state index in [1.54, 1.807) is 0 Å². The molecular formula is C20H32NO4+. The van der Waals surface area contributed by atoms with Crippen LogP contribution in [0.5, 0.6) is 5.75 Å². The largest absolute Gasteiger partial charge is 0.490 e. The second-order valence-electron chi connectivity index (χ2n) is 7.14. The quantitative estimate of drug-likeness (QED) is 0.696. The Morgan fingerprint density at radius 1 is 1.28 bits per heavy atom. The summed E-state index contributed by atoms with van der Waals surface area (Å²) < 4.78 is 11.0. The lowest BCUT2D eigenvalue weighted by atomic mass is 9.97. The Morgan fingerprint density at radius 2 is 1.96 bits per heavy atom. The fourth-order valence-electron chi connectivity index (χ4n) is 3.39. The molecule has 0 spiro atoms. The zero-order chi connectivity index (χ0) is 18.2. The van der Waals surface area contributed by atoms with Crippen LogP contribution >= 0.6 is 0 Å². The molecule has 0 aliphatic carbocycles. The summed E-state index contributed by atoms with van der Waals surface area (Å²) in [6, 6.07) is 7.99. The lowest BCUT2D eigenvalue weighted by Gasteiger charge is -2.29. The van der Waals surface area contributed by atoms with Gasteiger partial charge in [0, 0.05) is 12.8 Å². The zero-order valence-electron chi connectivity index (χ0n) is 15.7. The first kappa shape index (κ1) is 19.7. The van der Waals surface area contributed by atoms with E-state index in [9.17, 15) is 9.90 Å². The molecule has 1 aromatic rings. The van der Waals surface area contributed by atoms with Gasteiger partial charge in [-0.2, -0.15) is 0 Å². The maximum absolute atomic E-state index is 11.8. The molecule has 25 heavy (non-hydrogen) atoms. The van der Waals surface area contributed by atoms with Crippen molar-refractivity contribution in [3.05, 3.63) is 29.8 Å². The number of piperidine rings is 1. The molecule has 0 radical (unpaired) electrons. The number of aliphatic hydroxyl groups is 1. The van der Waals surface area contributed by atoms with Crippen LogP contribution in [0, 0.1) is 5.92 Å². The van der Waals surface area contributed by atoms with Crippen molar-refractivity contribution >= 4 is 5.97 Å². The van der Waals surface area contributed by atoms with E-state index in [0.717, 1.165) is 37.2 Å². The number of nitrogens with one attached hydrogen (secondary N) is 1. The van der Waals surface area contributed by atoms with E-state index in [1.807, 2.05) is 25.1 Å². The molecule has 0 bridgehead atoms. The molecule has 140 valence electrons. The van der Waals surface area contributed by atoms with Gasteiger partial charge in [-0.05, 0) is 24.5 Å². The smallest absolute Gasteiger partial charge is 0.309 e. The summed E-state index contributed by atoms with van der Waals surface area (Å²) in [5.41, 5.74) is 1.16. The first-order valence-electron chi connectivity index (χ1n) is 9.41. The molecule has 1 aliphatic heterocycles. The number of ether oxygens (including phenoxy) is 2. The number of quaternary nitrogens is 1. The average Bonchev–Trinajstić information content (AvgIpc) is 2.61. The first-order valence-corrected chi connectivity index (χ1v) is 9.41. The number of hydrogen-bond donors (Lipinski definition) is 2. The Hall–Kier alpha value is -1.59. The molecule has 2 N–H and O–H groups in total. The minimum absolute atomic E-state index is 0.0232. The Bertz CT molecular complexity index is 538. The van der Waals surface area contributed by atoms with Gasteiger partial charge in [0.2, 0.25) is 0 Å². The fourth-order valence-corrected chi connectivity index (χ4v) is 3.39. The molecule has 0 unspecified atom stereocenters. The van der Waals surface area contributed by atoms with Gasteiger partial charge in [0.15, 0.2) is 0 Å². The van der Waals surface area contributed by atoms with Gasteiger partial charge in [0.1, 0.15) is 25.0 Å². The standard InChI is InChI=1S/C20H31NO4/c1-4-24-20(23)16-9-11-21(12-10-16)13-17(22)14-25-19-8-6-5-7-18(19)15(2)3/h5-8,15-17,22H,4,9-14H2,1-3H3/p+1/t17-/m0/s1. The van der Waals surface area contributed by atoms with Gasteiger partial charge < -0.3 is 19.5 Å². The van der Waals surface area contributed by atoms with Crippen LogP contribution < -0.4 is 9.64 Å². The molecular weight excluding hydrogens is 318 g/mol. The van der Waals surface area contributed by atoms with Crippen molar-refractivity contribution in [3.63, 3.8) is 0 Å². The van der Waals surface area contributed by atoms with Gasteiger partial charge in [0.05, 0.1) is 25.6 Å². The third-order valence-electron chi connectivity index (χ3n) is 4.81. The summed E-state index contributed by atoms with van der Waals surface area (Å²) >= 11 is 0. The molecule has 1 fully saturated rings. The number of carbonyl (C=O) groups excluding carboxylic acids is 1. The van der Waals surface area contributed by atoms with E-state index in [4.69, 9.17) is 9.47 Å². The monoisotopic (exact) mass is 350 g/mol. The van der Waals surface area contributed by atoms with Crippen LogP contribution in [0.15, 0.2) is 24.3 Å². The van der Waals surface area contributed by atoms with Crippen molar-refractivity contribution in [2.45, 2.75) is 45.6 Å². The van der Waals surface area contributed by atoms with Crippen LogP contribution in [0.3, 0.4) is 0 Å². The highest BCUT2D eigenvalue weighted by Gasteiger charge is 2.29. The third kappa shape index (κ3) is 6.01. The Labute approximate surface area is 150 Å². The molecule has 0 saturated carbocycles. The minimum atomic E-state index is -0.505. The summed E-state index contributed by atoms with van der Waals surface area (Å²) in [6.07, 6.45) is 1.16. The van der Waals surface area contributed by atoms with Crippen LogP contribution in [-0.2, 0) is 9.53 Å². The lowest BCUT2D eigenvalue weighted by Crippen LogP contribution is -3.14. The first-order chi connectivity index (χ1) is 12.0. The van der Waals surface area contributed by atoms with Crippen molar-refractivity contribution in [3.8, 4) is 5.75 Å². The van der Waals surface area contributed by atoms with Gasteiger partial charge >= 0.3 is 5.97 Å². The van der Waals surface area contributed by atoms with Crippen molar-refractivity contribution < 1.29 is 24.3 Å². The number of esters is 1. The summed E-state index contributed by atoms with van der Waals surface area (Å²) in [5, 5.41) is 10.3.